The standard InChI is InChI=1S/C18H20ClNO/c1-2-13-11-15(9-10-17(13)19)21-16-8-7-14-5-3-4-6-18(14)20-12-16/h3-6,9-11,16,20H,2,7-8,12H2,1H3. The van der Waals surface area contributed by atoms with E-state index in [0.717, 1.165) is 42.1 Å². The van der Waals surface area contributed by atoms with Crippen molar-refractivity contribution >= 4 is 17.3 Å². The maximum absolute atomic E-state index is 6.16. The summed E-state index contributed by atoms with van der Waals surface area (Å²) in [6.07, 6.45) is 3.17. The quantitative estimate of drug-likeness (QED) is 0.886. The van der Waals surface area contributed by atoms with Gasteiger partial charge in [-0.15, -0.1) is 0 Å². The molecule has 0 fully saturated rings. The Bertz CT molecular complexity index is 599. The van der Waals surface area contributed by atoms with E-state index in [4.69, 9.17) is 16.3 Å². The van der Waals surface area contributed by atoms with Crippen LogP contribution >= 0.6 is 11.6 Å². The molecule has 0 amide bonds. The van der Waals surface area contributed by atoms with Crippen molar-refractivity contribution in [2.45, 2.75) is 32.3 Å². The van der Waals surface area contributed by atoms with Crippen molar-refractivity contribution in [2.24, 2.45) is 0 Å². The zero-order valence-corrected chi connectivity index (χ0v) is 13.0. The summed E-state index contributed by atoms with van der Waals surface area (Å²) in [5, 5.41) is 4.30. The molecule has 1 N–H and O–H groups in total. The highest BCUT2D eigenvalue weighted by Gasteiger charge is 2.17. The fourth-order valence-electron chi connectivity index (χ4n) is 2.74. The second-order valence-electron chi connectivity index (χ2n) is 5.42. The van der Waals surface area contributed by atoms with Crippen molar-refractivity contribution in [3.8, 4) is 5.75 Å². The number of ether oxygens (including phenoxy) is 1. The lowest BCUT2D eigenvalue weighted by Gasteiger charge is -2.18. The summed E-state index contributed by atoms with van der Waals surface area (Å²) >= 11 is 6.16. The first-order valence-corrected chi connectivity index (χ1v) is 7.91. The number of rotatable bonds is 3. The fourth-order valence-corrected chi connectivity index (χ4v) is 2.99. The number of aryl methyl sites for hydroxylation is 2. The van der Waals surface area contributed by atoms with Gasteiger partial charge in [-0.3, -0.25) is 0 Å². The van der Waals surface area contributed by atoms with Crippen molar-refractivity contribution in [3.05, 3.63) is 58.6 Å². The average molecular weight is 302 g/mol. The van der Waals surface area contributed by atoms with Gasteiger partial charge in [0.2, 0.25) is 0 Å². The van der Waals surface area contributed by atoms with Crippen molar-refractivity contribution in [1.82, 2.24) is 0 Å². The van der Waals surface area contributed by atoms with Crippen LogP contribution in [0.15, 0.2) is 42.5 Å². The van der Waals surface area contributed by atoms with Crippen LogP contribution in [-0.4, -0.2) is 12.6 Å². The van der Waals surface area contributed by atoms with E-state index in [-0.39, 0.29) is 6.10 Å². The van der Waals surface area contributed by atoms with E-state index >= 15 is 0 Å². The van der Waals surface area contributed by atoms with E-state index in [9.17, 15) is 0 Å². The highest BCUT2D eigenvalue weighted by Crippen LogP contribution is 2.26. The smallest absolute Gasteiger partial charge is 0.120 e. The number of hydrogen-bond donors (Lipinski definition) is 1. The van der Waals surface area contributed by atoms with E-state index in [2.05, 4.69) is 42.6 Å². The number of fused-ring (bicyclic) bond motifs is 1. The van der Waals surface area contributed by atoms with Crippen LogP contribution in [0.5, 0.6) is 5.75 Å². The van der Waals surface area contributed by atoms with E-state index in [1.54, 1.807) is 0 Å². The monoisotopic (exact) mass is 301 g/mol. The Labute approximate surface area is 131 Å². The number of anilines is 1. The molecule has 2 nitrogen and oxygen atoms in total. The molecule has 3 heteroatoms. The summed E-state index contributed by atoms with van der Waals surface area (Å²) in [6, 6.07) is 14.4. The van der Waals surface area contributed by atoms with Gasteiger partial charge in [0.05, 0.1) is 6.54 Å². The normalized spacial score (nSPS) is 17.5. The molecule has 3 rings (SSSR count). The van der Waals surface area contributed by atoms with Crippen molar-refractivity contribution < 1.29 is 4.74 Å². The van der Waals surface area contributed by atoms with Crippen LogP contribution < -0.4 is 10.1 Å². The van der Waals surface area contributed by atoms with Crippen LogP contribution in [0, 0.1) is 0 Å². The van der Waals surface area contributed by atoms with Crippen LogP contribution in [-0.2, 0) is 12.8 Å². The van der Waals surface area contributed by atoms with E-state index in [1.807, 2.05) is 12.1 Å². The summed E-state index contributed by atoms with van der Waals surface area (Å²) in [5.41, 5.74) is 3.74. The van der Waals surface area contributed by atoms with Gasteiger partial charge in [-0.25, -0.2) is 0 Å². The number of halogens is 1. The van der Waals surface area contributed by atoms with Gasteiger partial charge in [0.1, 0.15) is 11.9 Å². The Morgan fingerprint density at radius 3 is 2.95 bits per heavy atom. The summed E-state index contributed by atoms with van der Waals surface area (Å²) < 4.78 is 6.14. The molecule has 2 aromatic rings. The minimum absolute atomic E-state index is 0.184. The molecular formula is C18H20ClNO. The molecular weight excluding hydrogens is 282 g/mol. The molecule has 0 bridgehead atoms. The largest absolute Gasteiger partial charge is 0.489 e. The first-order valence-electron chi connectivity index (χ1n) is 7.53. The molecule has 0 aliphatic carbocycles. The van der Waals surface area contributed by atoms with Gasteiger partial charge >= 0.3 is 0 Å². The highest BCUT2D eigenvalue weighted by atomic mass is 35.5. The van der Waals surface area contributed by atoms with E-state index < -0.39 is 0 Å². The van der Waals surface area contributed by atoms with E-state index in [1.165, 1.54) is 11.3 Å². The minimum atomic E-state index is 0.184. The van der Waals surface area contributed by atoms with Gasteiger partial charge in [-0.2, -0.15) is 0 Å². The molecule has 0 saturated carbocycles. The Morgan fingerprint density at radius 2 is 2.10 bits per heavy atom. The lowest BCUT2D eigenvalue weighted by molar-refractivity contribution is 0.206. The van der Waals surface area contributed by atoms with Crippen LogP contribution in [0.4, 0.5) is 5.69 Å². The zero-order valence-electron chi connectivity index (χ0n) is 12.2. The lowest BCUT2D eigenvalue weighted by Crippen LogP contribution is -2.24. The Balaban J connectivity index is 1.69. The maximum Gasteiger partial charge on any atom is 0.120 e. The molecule has 2 aromatic carbocycles. The minimum Gasteiger partial charge on any atom is -0.489 e. The number of hydrogen-bond acceptors (Lipinski definition) is 2. The topological polar surface area (TPSA) is 21.3 Å². The number of benzene rings is 2. The molecule has 1 unspecified atom stereocenters. The summed E-state index contributed by atoms with van der Waals surface area (Å²) in [4.78, 5) is 0. The van der Waals surface area contributed by atoms with Crippen molar-refractivity contribution in [2.75, 3.05) is 11.9 Å². The molecule has 1 aliphatic heterocycles. The third-order valence-electron chi connectivity index (χ3n) is 3.97. The first kappa shape index (κ1) is 14.3. The fraction of sp³-hybridized carbons (Fsp3) is 0.333. The predicted molar refractivity (Wildman–Crippen MR) is 88.5 cm³/mol. The number of nitrogens with one attached hydrogen (secondary N) is 1. The summed E-state index contributed by atoms with van der Waals surface area (Å²) in [6.45, 7) is 2.94. The number of para-hydroxylation sites is 1. The molecule has 0 spiro atoms. The van der Waals surface area contributed by atoms with Crippen LogP contribution in [0.1, 0.15) is 24.5 Å². The van der Waals surface area contributed by atoms with Crippen molar-refractivity contribution in [1.29, 1.82) is 0 Å². The van der Waals surface area contributed by atoms with E-state index in [0.29, 0.717) is 0 Å². The highest BCUT2D eigenvalue weighted by molar-refractivity contribution is 6.31. The Hall–Kier alpha value is -1.67. The molecule has 110 valence electrons. The first-order chi connectivity index (χ1) is 10.3. The third-order valence-corrected chi connectivity index (χ3v) is 4.34. The van der Waals surface area contributed by atoms with Crippen LogP contribution in [0.2, 0.25) is 5.02 Å². The van der Waals surface area contributed by atoms with Gasteiger partial charge in [-0.05, 0) is 54.7 Å². The second-order valence-corrected chi connectivity index (χ2v) is 5.83. The summed E-state index contributed by atoms with van der Waals surface area (Å²) in [7, 11) is 0. The second kappa shape index (κ2) is 6.40. The van der Waals surface area contributed by atoms with Crippen LogP contribution in [0.25, 0.3) is 0 Å². The molecule has 1 aliphatic rings. The SMILES string of the molecule is CCc1cc(OC2CCc3ccccc3NC2)ccc1Cl. The molecule has 1 heterocycles. The molecule has 1 atom stereocenters. The molecule has 0 radical (unpaired) electrons. The van der Waals surface area contributed by atoms with Gasteiger partial charge in [-0.1, -0.05) is 36.7 Å². The maximum atomic E-state index is 6.16. The lowest BCUT2D eigenvalue weighted by atomic mass is 10.1. The van der Waals surface area contributed by atoms with Crippen LogP contribution in [0.3, 0.4) is 0 Å². The Kier molecular flexibility index (Phi) is 4.35. The zero-order chi connectivity index (χ0) is 14.7. The van der Waals surface area contributed by atoms with Crippen molar-refractivity contribution in [3.63, 3.8) is 0 Å². The summed E-state index contributed by atoms with van der Waals surface area (Å²) in [5.74, 6) is 0.911. The van der Waals surface area contributed by atoms with Gasteiger partial charge in [0, 0.05) is 10.7 Å². The van der Waals surface area contributed by atoms with Gasteiger partial charge in [0.15, 0.2) is 0 Å². The van der Waals surface area contributed by atoms with Gasteiger partial charge in [0.25, 0.3) is 0 Å². The predicted octanol–water partition coefficient (Wildman–Crippen LogP) is 4.71. The van der Waals surface area contributed by atoms with Gasteiger partial charge < -0.3 is 10.1 Å². The molecule has 21 heavy (non-hydrogen) atoms. The third kappa shape index (κ3) is 3.33. The average Bonchev–Trinajstić information content (AvgIpc) is 2.72. The molecule has 0 saturated heterocycles. The molecule has 0 aromatic heterocycles. The Morgan fingerprint density at radius 1 is 1.24 bits per heavy atom.